The van der Waals surface area contributed by atoms with Crippen LogP contribution in [-0.2, 0) is 9.59 Å². The Labute approximate surface area is 106 Å². The van der Waals surface area contributed by atoms with Crippen molar-refractivity contribution in [2.75, 3.05) is 0 Å². The van der Waals surface area contributed by atoms with Crippen molar-refractivity contribution < 1.29 is 9.59 Å². The van der Waals surface area contributed by atoms with E-state index in [1.807, 2.05) is 27.7 Å². The van der Waals surface area contributed by atoms with Crippen molar-refractivity contribution in [1.29, 1.82) is 0 Å². The van der Waals surface area contributed by atoms with Gasteiger partial charge in [0.2, 0.25) is 12.3 Å². The summed E-state index contributed by atoms with van der Waals surface area (Å²) in [7, 11) is 0. The van der Waals surface area contributed by atoms with Crippen molar-refractivity contribution in [1.82, 2.24) is 5.32 Å². The number of hydrogen-bond donors (Lipinski definition) is 1. The predicted molar refractivity (Wildman–Crippen MR) is 72.6 cm³/mol. The van der Waals surface area contributed by atoms with E-state index in [1.54, 1.807) is 0 Å². The van der Waals surface area contributed by atoms with E-state index in [1.165, 1.54) is 0 Å². The van der Waals surface area contributed by atoms with Gasteiger partial charge < -0.3 is 0 Å². The Morgan fingerprint density at radius 2 is 1.76 bits per heavy atom. The first kappa shape index (κ1) is 18.5. The number of hydrogen-bond acceptors (Lipinski definition) is 2. The maximum absolute atomic E-state index is 11.6. The van der Waals surface area contributed by atoms with Crippen LogP contribution in [0.4, 0.5) is 0 Å². The third-order valence-electron chi connectivity index (χ3n) is 3.07. The molecule has 0 heterocycles. The van der Waals surface area contributed by atoms with Gasteiger partial charge in [-0.05, 0) is 17.8 Å². The minimum Gasteiger partial charge on any atom is -0.299 e. The van der Waals surface area contributed by atoms with Crippen LogP contribution in [0.2, 0.25) is 0 Å². The first-order chi connectivity index (χ1) is 7.84. The number of rotatable bonds is 6. The Morgan fingerprint density at radius 1 is 1.29 bits per heavy atom. The Balaban J connectivity index is 0. The molecule has 102 valence electrons. The lowest BCUT2D eigenvalue weighted by Gasteiger charge is -2.29. The van der Waals surface area contributed by atoms with Gasteiger partial charge in [0.1, 0.15) is 0 Å². The van der Waals surface area contributed by atoms with Gasteiger partial charge in [-0.1, -0.05) is 54.9 Å². The molecule has 0 aliphatic heterocycles. The largest absolute Gasteiger partial charge is 0.299 e. The van der Waals surface area contributed by atoms with Crippen LogP contribution in [0.25, 0.3) is 0 Å². The quantitative estimate of drug-likeness (QED) is 0.727. The van der Waals surface area contributed by atoms with Gasteiger partial charge in [0.05, 0.1) is 0 Å². The summed E-state index contributed by atoms with van der Waals surface area (Å²) in [6, 6.07) is 0. The molecule has 1 atom stereocenters. The molecule has 3 nitrogen and oxygen atoms in total. The van der Waals surface area contributed by atoms with Crippen molar-refractivity contribution in [3.63, 3.8) is 0 Å². The molecule has 0 aromatic rings. The smallest absolute Gasteiger partial charge is 0.229 e. The summed E-state index contributed by atoms with van der Waals surface area (Å²) in [5, 5.41) is 2.25. The zero-order valence-electron chi connectivity index (χ0n) is 12.5. The first-order valence-electron chi connectivity index (χ1n) is 6.58. The lowest BCUT2D eigenvalue weighted by Crippen LogP contribution is -2.35. The van der Waals surface area contributed by atoms with E-state index in [9.17, 15) is 9.59 Å². The second-order valence-corrected chi connectivity index (χ2v) is 5.20. The SMILES string of the molecule is CC.CCC(C)(C)CC(C(=O)NC=O)C(C)C. The summed E-state index contributed by atoms with van der Waals surface area (Å²) in [5.74, 6) is 0.0300. The summed E-state index contributed by atoms with van der Waals surface area (Å²) in [4.78, 5) is 21.9. The third kappa shape index (κ3) is 7.94. The third-order valence-corrected chi connectivity index (χ3v) is 3.07. The predicted octanol–water partition coefficient (Wildman–Crippen LogP) is 3.38. The summed E-state index contributed by atoms with van der Waals surface area (Å²) < 4.78 is 0. The average molecular weight is 243 g/mol. The molecule has 0 fully saturated rings. The fourth-order valence-electron chi connectivity index (χ4n) is 1.54. The van der Waals surface area contributed by atoms with E-state index < -0.39 is 0 Å². The normalized spacial score (nSPS) is 12.5. The van der Waals surface area contributed by atoms with Gasteiger partial charge in [-0.2, -0.15) is 0 Å². The fourth-order valence-corrected chi connectivity index (χ4v) is 1.54. The lowest BCUT2D eigenvalue weighted by atomic mass is 9.76. The van der Waals surface area contributed by atoms with Crippen LogP contribution in [0, 0.1) is 17.3 Å². The van der Waals surface area contributed by atoms with E-state index >= 15 is 0 Å². The van der Waals surface area contributed by atoms with Gasteiger partial charge in [-0.3, -0.25) is 14.9 Å². The van der Waals surface area contributed by atoms with Crippen molar-refractivity contribution >= 4 is 12.3 Å². The molecular formula is C14H29NO2. The standard InChI is InChI=1S/C12H23NO2.C2H6/c1-6-12(4,5)7-10(9(2)3)11(15)13-8-14;1-2/h8-10H,6-7H2,1-5H3,(H,13,14,15);1-2H3. The van der Waals surface area contributed by atoms with Gasteiger partial charge in [0, 0.05) is 5.92 Å². The second kappa shape index (κ2) is 9.20. The van der Waals surface area contributed by atoms with Gasteiger partial charge in [-0.15, -0.1) is 0 Å². The number of amides is 2. The molecule has 17 heavy (non-hydrogen) atoms. The molecular weight excluding hydrogens is 214 g/mol. The molecule has 1 N–H and O–H groups in total. The van der Waals surface area contributed by atoms with E-state index in [0.29, 0.717) is 6.41 Å². The Morgan fingerprint density at radius 3 is 2.06 bits per heavy atom. The topological polar surface area (TPSA) is 46.2 Å². The van der Waals surface area contributed by atoms with Crippen molar-refractivity contribution in [2.45, 2.75) is 61.3 Å². The minimum absolute atomic E-state index is 0.0786. The molecule has 0 rings (SSSR count). The highest BCUT2D eigenvalue weighted by Crippen LogP contribution is 2.32. The number of carbonyl (C=O) groups is 2. The summed E-state index contributed by atoms with van der Waals surface area (Å²) in [5.41, 5.74) is 0.148. The van der Waals surface area contributed by atoms with Crippen LogP contribution in [0.15, 0.2) is 0 Å². The Bertz CT molecular complexity index is 222. The minimum atomic E-state index is -0.151. The average Bonchev–Trinajstić information content (AvgIpc) is 2.28. The van der Waals surface area contributed by atoms with Crippen LogP contribution < -0.4 is 5.32 Å². The Kier molecular flexibility index (Phi) is 10.0. The molecule has 2 amide bonds. The molecule has 1 unspecified atom stereocenters. The van der Waals surface area contributed by atoms with Crippen LogP contribution >= 0.6 is 0 Å². The summed E-state index contributed by atoms with van der Waals surface area (Å²) in [6.07, 6.45) is 2.32. The van der Waals surface area contributed by atoms with Gasteiger partial charge in [0.25, 0.3) is 0 Å². The highest BCUT2D eigenvalue weighted by Gasteiger charge is 2.28. The van der Waals surface area contributed by atoms with Crippen LogP contribution in [0.1, 0.15) is 61.3 Å². The van der Waals surface area contributed by atoms with Crippen molar-refractivity contribution in [3.05, 3.63) is 0 Å². The van der Waals surface area contributed by atoms with Crippen molar-refractivity contribution in [3.8, 4) is 0 Å². The van der Waals surface area contributed by atoms with Crippen molar-refractivity contribution in [2.24, 2.45) is 17.3 Å². The van der Waals surface area contributed by atoms with Crippen LogP contribution in [0.5, 0.6) is 0 Å². The number of imide groups is 1. The maximum Gasteiger partial charge on any atom is 0.229 e. The zero-order valence-corrected chi connectivity index (χ0v) is 12.5. The van der Waals surface area contributed by atoms with Crippen LogP contribution in [-0.4, -0.2) is 12.3 Å². The monoisotopic (exact) mass is 243 g/mol. The second-order valence-electron chi connectivity index (χ2n) is 5.20. The van der Waals surface area contributed by atoms with Gasteiger partial charge >= 0.3 is 0 Å². The highest BCUT2D eigenvalue weighted by molar-refractivity contribution is 5.87. The summed E-state index contributed by atoms with van der Waals surface area (Å²) >= 11 is 0. The lowest BCUT2D eigenvalue weighted by molar-refractivity contribution is -0.130. The number of carbonyl (C=O) groups excluding carboxylic acids is 2. The van der Waals surface area contributed by atoms with Crippen LogP contribution in [0.3, 0.4) is 0 Å². The molecule has 0 bridgehead atoms. The molecule has 3 heteroatoms. The molecule has 0 saturated carbocycles. The maximum atomic E-state index is 11.6. The molecule has 0 radical (unpaired) electrons. The van der Waals surface area contributed by atoms with E-state index in [4.69, 9.17) is 0 Å². The molecule has 0 aromatic carbocycles. The van der Waals surface area contributed by atoms with Gasteiger partial charge in [0.15, 0.2) is 0 Å². The summed E-state index contributed by atoms with van der Waals surface area (Å²) in [6.45, 7) is 14.4. The molecule has 0 aliphatic carbocycles. The zero-order chi connectivity index (χ0) is 14.1. The Hall–Kier alpha value is -0.860. The fraction of sp³-hybridized carbons (Fsp3) is 0.857. The molecule has 0 saturated heterocycles. The molecule has 0 spiro atoms. The van der Waals surface area contributed by atoms with E-state index in [0.717, 1.165) is 12.8 Å². The number of nitrogens with one attached hydrogen (secondary N) is 1. The van der Waals surface area contributed by atoms with E-state index in [2.05, 4.69) is 26.1 Å². The first-order valence-corrected chi connectivity index (χ1v) is 6.58. The van der Waals surface area contributed by atoms with Gasteiger partial charge in [-0.25, -0.2) is 0 Å². The van der Waals surface area contributed by atoms with E-state index in [-0.39, 0.29) is 23.2 Å². The molecule has 0 aliphatic rings. The molecule has 0 aromatic heterocycles. The highest BCUT2D eigenvalue weighted by atomic mass is 16.2.